The number of nitrogens with zero attached hydrogens (tertiary/aromatic N) is 5. The number of aryl methyl sites for hydroxylation is 1. The molecule has 0 bridgehead atoms. The lowest BCUT2D eigenvalue weighted by Crippen LogP contribution is -2.34. The summed E-state index contributed by atoms with van der Waals surface area (Å²) in [5.41, 5.74) is -0.459. The Kier molecular flexibility index (Phi) is 5.78. The SMILES string of the molecule is CCN(CCc1nc(C(C)(C)O)c(C)o1)C(=O)c1cccc(F)c1-n1nccn1. The molecule has 2 heterocycles. The molecule has 3 rings (SSSR count). The van der Waals surface area contributed by atoms with Crippen LogP contribution in [-0.4, -0.2) is 49.0 Å². The summed E-state index contributed by atoms with van der Waals surface area (Å²) >= 11 is 0. The number of carbonyl (C=O) groups is 1. The number of benzene rings is 1. The highest BCUT2D eigenvalue weighted by molar-refractivity contribution is 5.97. The first-order chi connectivity index (χ1) is 13.7. The van der Waals surface area contributed by atoms with E-state index in [1.54, 1.807) is 31.7 Å². The fraction of sp³-hybridized carbons (Fsp3) is 0.400. The number of para-hydroxylation sites is 1. The standard InChI is InChI=1S/C20H24FN5O3/c1-5-25(12-9-16-24-18(13(2)29-16)20(3,4)28)19(27)14-7-6-8-15(21)17(14)26-22-10-11-23-26/h6-8,10-11,28H,5,9,12H2,1-4H3. The second kappa shape index (κ2) is 8.12. The first-order valence-electron chi connectivity index (χ1n) is 9.36. The Hall–Kier alpha value is -3.07. The van der Waals surface area contributed by atoms with E-state index >= 15 is 0 Å². The molecule has 29 heavy (non-hydrogen) atoms. The van der Waals surface area contributed by atoms with E-state index in [0.717, 1.165) is 4.80 Å². The second-order valence-electron chi connectivity index (χ2n) is 7.16. The molecule has 154 valence electrons. The van der Waals surface area contributed by atoms with Crippen LogP contribution >= 0.6 is 0 Å². The van der Waals surface area contributed by atoms with Gasteiger partial charge in [0.1, 0.15) is 22.7 Å². The summed E-state index contributed by atoms with van der Waals surface area (Å²) in [5.74, 6) is 0.0460. The first-order valence-corrected chi connectivity index (χ1v) is 9.36. The monoisotopic (exact) mass is 401 g/mol. The molecule has 3 aromatic rings. The molecule has 0 aliphatic heterocycles. The Bertz CT molecular complexity index is 992. The van der Waals surface area contributed by atoms with Gasteiger partial charge in [-0.15, -0.1) is 4.80 Å². The normalized spacial score (nSPS) is 11.7. The molecule has 0 radical (unpaired) electrons. The van der Waals surface area contributed by atoms with E-state index in [2.05, 4.69) is 15.2 Å². The molecule has 0 spiro atoms. The number of oxazole rings is 1. The molecule has 0 saturated carbocycles. The largest absolute Gasteiger partial charge is 0.446 e. The molecular weight excluding hydrogens is 377 g/mol. The van der Waals surface area contributed by atoms with Gasteiger partial charge < -0.3 is 14.4 Å². The number of aromatic nitrogens is 4. The number of likely N-dealkylation sites (N-methyl/N-ethyl adjacent to an activating group) is 1. The van der Waals surface area contributed by atoms with E-state index in [1.165, 1.54) is 24.5 Å². The molecule has 0 unspecified atom stereocenters. The van der Waals surface area contributed by atoms with E-state index < -0.39 is 11.4 Å². The van der Waals surface area contributed by atoms with Gasteiger partial charge in [-0.25, -0.2) is 9.37 Å². The lowest BCUT2D eigenvalue weighted by Gasteiger charge is -2.21. The van der Waals surface area contributed by atoms with E-state index in [9.17, 15) is 14.3 Å². The van der Waals surface area contributed by atoms with Crippen LogP contribution in [0.25, 0.3) is 5.69 Å². The van der Waals surface area contributed by atoms with Gasteiger partial charge in [0.15, 0.2) is 11.7 Å². The highest BCUT2D eigenvalue weighted by Gasteiger charge is 2.26. The lowest BCUT2D eigenvalue weighted by molar-refractivity contribution is 0.0725. The summed E-state index contributed by atoms with van der Waals surface area (Å²) in [5, 5.41) is 18.1. The van der Waals surface area contributed by atoms with Crippen LogP contribution in [-0.2, 0) is 12.0 Å². The lowest BCUT2D eigenvalue weighted by atomic mass is 10.0. The van der Waals surface area contributed by atoms with Crippen molar-refractivity contribution >= 4 is 5.91 Å². The third-order valence-electron chi connectivity index (χ3n) is 4.52. The number of halogens is 1. The third kappa shape index (κ3) is 4.34. The van der Waals surface area contributed by atoms with E-state index in [0.29, 0.717) is 36.9 Å². The van der Waals surface area contributed by atoms with Crippen LogP contribution in [0.3, 0.4) is 0 Å². The predicted octanol–water partition coefficient (Wildman–Crippen LogP) is 2.64. The maximum absolute atomic E-state index is 14.4. The first kappa shape index (κ1) is 20.7. The van der Waals surface area contributed by atoms with Gasteiger partial charge in [0.05, 0.1) is 18.0 Å². The summed E-state index contributed by atoms with van der Waals surface area (Å²) < 4.78 is 20.1. The Morgan fingerprint density at radius 2 is 2.00 bits per heavy atom. The van der Waals surface area contributed by atoms with Crippen molar-refractivity contribution in [1.82, 2.24) is 24.9 Å². The van der Waals surface area contributed by atoms with Crippen LogP contribution in [0, 0.1) is 12.7 Å². The van der Waals surface area contributed by atoms with Crippen molar-refractivity contribution in [1.29, 1.82) is 0 Å². The van der Waals surface area contributed by atoms with Gasteiger partial charge >= 0.3 is 0 Å². The van der Waals surface area contributed by atoms with Gasteiger partial charge in [-0.1, -0.05) is 6.07 Å². The molecule has 0 saturated heterocycles. The summed E-state index contributed by atoms with van der Waals surface area (Å²) in [6.45, 7) is 7.59. The Balaban J connectivity index is 1.82. The van der Waals surface area contributed by atoms with Crippen LogP contribution < -0.4 is 0 Å². The molecule has 0 aliphatic carbocycles. The molecule has 0 aliphatic rings. The van der Waals surface area contributed by atoms with Crippen LogP contribution in [0.15, 0.2) is 35.0 Å². The number of hydrogen-bond donors (Lipinski definition) is 1. The fourth-order valence-corrected chi connectivity index (χ4v) is 3.15. The smallest absolute Gasteiger partial charge is 0.256 e. The van der Waals surface area contributed by atoms with Crippen molar-refractivity contribution in [3.63, 3.8) is 0 Å². The highest BCUT2D eigenvalue weighted by atomic mass is 19.1. The molecular formula is C20H24FN5O3. The van der Waals surface area contributed by atoms with Crippen molar-refractivity contribution in [2.45, 2.75) is 39.7 Å². The van der Waals surface area contributed by atoms with Gasteiger partial charge in [-0.05, 0) is 39.8 Å². The molecule has 2 aromatic heterocycles. The molecule has 0 atom stereocenters. The van der Waals surface area contributed by atoms with Crippen LogP contribution in [0.2, 0.25) is 0 Å². The number of carbonyl (C=O) groups excluding carboxylic acids is 1. The van der Waals surface area contributed by atoms with E-state index in [1.807, 2.05) is 6.92 Å². The minimum atomic E-state index is -1.11. The number of amides is 1. The van der Waals surface area contributed by atoms with Crippen molar-refractivity contribution < 1.29 is 18.7 Å². The zero-order chi connectivity index (χ0) is 21.2. The quantitative estimate of drug-likeness (QED) is 0.654. The topological polar surface area (TPSA) is 97.3 Å². The second-order valence-corrected chi connectivity index (χ2v) is 7.16. The zero-order valence-electron chi connectivity index (χ0n) is 16.9. The predicted molar refractivity (Wildman–Crippen MR) is 103 cm³/mol. The minimum absolute atomic E-state index is 0.0113. The van der Waals surface area contributed by atoms with Crippen molar-refractivity contribution in [2.24, 2.45) is 0 Å². The summed E-state index contributed by atoms with van der Waals surface area (Å²) in [7, 11) is 0. The summed E-state index contributed by atoms with van der Waals surface area (Å²) in [6, 6.07) is 4.30. The molecule has 1 aromatic carbocycles. The Morgan fingerprint density at radius 3 is 2.59 bits per heavy atom. The Labute approximate surface area is 168 Å². The van der Waals surface area contributed by atoms with Crippen molar-refractivity contribution in [3.05, 3.63) is 59.3 Å². The van der Waals surface area contributed by atoms with Gasteiger partial charge in [-0.3, -0.25) is 4.79 Å². The number of rotatable bonds is 7. The van der Waals surface area contributed by atoms with Crippen molar-refractivity contribution in [3.8, 4) is 5.69 Å². The average Bonchev–Trinajstić information content (AvgIpc) is 3.31. The zero-order valence-corrected chi connectivity index (χ0v) is 16.9. The van der Waals surface area contributed by atoms with Crippen LogP contribution in [0.5, 0.6) is 0 Å². The molecule has 1 amide bonds. The number of aliphatic hydroxyl groups is 1. The maximum atomic E-state index is 14.4. The summed E-state index contributed by atoms with van der Waals surface area (Å²) in [4.78, 5) is 20.1. The van der Waals surface area contributed by atoms with E-state index in [4.69, 9.17) is 4.42 Å². The molecule has 8 nitrogen and oxygen atoms in total. The van der Waals surface area contributed by atoms with Gasteiger partial charge in [-0.2, -0.15) is 10.2 Å². The van der Waals surface area contributed by atoms with Gasteiger partial charge in [0.25, 0.3) is 5.91 Å². The Morgan fingerprint density at radius 1 is 1.31 bits per heavy atom. The molecule has 1 N–H and O–H groups in total. The minimum Gasteiger partial charge on any atom is -0.446 e. The van der Waals surface area contributed by atoms with Crippen LogP contribution in [0.1, 0.15) is 48.5 Å². The summed E-state index contributed by atoms with van der Waals surface area (Å²) in [6.07, 6.45) is 3.20. The highest BCUT2D eigenvalue weighted by Crippen LogP contribution is 2.24. The van der Waals surface area contributed by atoms with Crippen LogP contribution in [0.4, 0.5) is 4.39 Å². The molecule has 9 heteroatoms. The molecule has 0 fully saturated rings. The van der Waals surface area contributed by atoms with Crippen molar-refractivity contribution in [2.75, 3.05) is 13.1 Å². The maximum Gasteiger partial charge on any atom is 0.256 e. The van der Waals surface area contributed by atoms with E-state index in [-0.39, 0.29) is 17.2 Å². The average molecular weight is 401 g/mol. The third-order valence-corrected chi connectivity index (χ3v) is 4.52. The number of hydrogen-bond acceptors (Lipinski definition) is 6. The fourth-order valence-electron chi connectivity index (χ4n) is 3.15. The van der Waals surface area contributed by atoms with Gasteiger partial charge in [0, 0.05) is 19.5 Å². The van der Waals surface area contributed by atoms with Gasteiger partial charge in [0.2, 0.25) is 0 Å².